The lowest BCUT2D eigenvalue weighted by atomic mass is 9.86. The molecule has 0 aromatic heterocycles. The third-order valence-corrected chi connectivity index (χ3v) is 3.89. The maximum absolute atomic E-state index is 11.2. The SMILES string of the molecule is COc1cccc(C=O)c1OCCOc1cc(C)ccc1C(C)(C)C. The molecule has 0 N–H and O–H groups in total. The number of carbonyl (C=O) groups is 1. The number of aldehydes is 1. The van der Waals surface area contributed by atoms with E-state index in [0.717, 1.165) is 23.2 Å². The third kappa shape index (κ3) is 4.75. The fraction of sp³-hybridized carbons (Fsp3) is 0.381. The summed E-state index contributed by atoms with van der Waals surface area (Å²) >= 11 is 0. The molecule has 0 atom stereocenters. The van der Waals surface area contributed by atoms with E-state index in [0.29, 0.717) is 30.3 Å². The van der Waals surface area contributed by atoms with Crippen LogP contribution >= 0.6 is 0 Å². The molecular formula is C21H26O4. The first-order valence-corrected chi connectivity index (χ1v) is 8.35. The molecule has 0 spiro atoms. The molecule has 0 radical (unpaired) electrons. The number of hydrogen-bond acceptors (Lipinski definition) is 4. The Morgan fingerprint density at radius 2 is 1.72 bits per heavy atom. The van der Waals surface area contributed by atoms with E-state index in [4.69, 9.17) is 14.2 Å². The number of hydrogen-bond donors (Lipinski definition) is 0. The molecule has 134 valence electrons. The van der Waals surface area contributed by atoms with Gasteiger partial charge in [0.05, 0.1) is 12.7 Å². The predicted octanol–water partition coefficient (Wildman–Crippen LogP) is 4.57. The molecule has 0 aliphatic carbocycles. The average molecular weight is 342 g/mol. The van der Waals surface area contributed by atoms with Crippen LogP contribution in [-0.4, -0.2) is 26.6 Å². The van der Waals surface area contributed by atoms with Crippen LogP contribution in [0.2, 0.25) is 0 Å². The van der Waals surface area contributed by atoms with Crippen LogP contribution in [0.15, 0.2) is 36.4 Å². The van der Waals surface area contributed by atoms with E-state index in [1.807, 2.05) is 13.0 Å². The van der Waals surface area contributed by atoms with Gasteiger partial charge in [0, 0.05) is 0 Å². The van der Waals surface area contributed by atoms with Gasteiger partial charge in [-0.05, 0) is 41.7 Å². The van der Waals surface area contributed by atoms with Crippen molar-refractivity contribution >= 4 is 6.29 Å². The van der Waals surface area contributed by atoms with E-state index in [1.54, 1.807) is 25.3 Å². The summed E-state index contributed by atoms with van der Waals surface area (Å²) < 4.78 is 17.0. The summed E-state index contributed by atoms with van der Waals surface area (Å²) in [5.74, 6) is 1.85. The molecule has 0 amide bonds. The molecule has 0 saturated heterocycles. The van der Waals surface area contributed by atoms with Crippen LogP contribution in [0.3, 0.4) is 0 Å². The van der Waals surface area contributed by atoms with Gasteiger partial charge in [0.1, 0.15) is 19.0 Å². The summed E-state index contributed by atoms with van der Waals surface area (Å²) in [5, 5.41) is 0. The predicted molar refractivity (Wildman–Crippen MR) is 99.3 cm³/mol. The average Bonchev–Trinajstić information content (AvgIpc) is 2.57. The zero-order chi connectivity index (χ0) is 18.4. The molecule has 4 nitrogen and oxygen atoms in total. The zero-order valence-electron chi connectivity index (χ0n) is 15.6. The molecule has 4 heteroatoms. The van der Waals surface area contributed by atoms with Crippen LogP contribution in [0.5, 0.6) is 17.2 Å². The van der Waals surface area contributed by atoms with Crippen LogP contribution in [0.25, 0.3) is 0 Å². The fourth-order valence-corrected chi connectivity index (χ4v) is 2.60. The first kappa shape index (κ1) is 18.8. The van der Waals surface area contributed by atoms with Crippen molar-refractivity contribution in [1.82, 2.24) is 0 Å². The molecule has 0 fully saturated rings. The molecular weight excluding hydrogens is 316 g/mol. The highest BCUT2D eigenvalue weighted by Crippen LogP contribution is 2.32. The molecule has 0 heterocycles. The second-order valence-electron chi connectivity index (χ2n) is 6.94. The first-order valence-electron chi connectivity index (χ1n) is 8.35. The maximum Gasteiger partial charge on any atom is 0.171 e. The van der Waals surface area contributed by atoms with E-state index in [9.17, 15) is 4.79 Å². The van der Waals surface area contributed by atoms with Crippen molar-refractivity contribution in [3.8, 4) is 17.2 Å². The molecule has 0 aliphatic heterocycles. The van der Waals surface area contributed by atoms with Crippen LogP contribution < -0.4 is 14.2 Å². The summed E-state index contributed by atoms with van der Waals surface area (Å²) in [5.41, 5.74) is 2.77. The monoisotopic (exact) mass is 342 g/mol. The largest absolute Gasteiger partial charge is 0.493 e. The number of rotatable bonds is 7. The Hall–Kier alpha value is -2.49. The topological polar surface area (TPSA) is 44.8 Å². The van der Waals surface area contributed by atoms with Crippen molar-refractivity contribution in [1.29, 1.82) is 0 Å². The number of para-hydroxylation sites is 1. The van der Waals surface area contributed by atoms with Crippen molar-refractivity contribution in [2.24, 2.45) is 0 Å². The molecule has 0 bridgehead atoms. The van der Waals surface area contributed by atoms with Gasteiger partial charge in [-0.1, -0.05) is 39.0 Å². The minimum Gasteiger partial charge on any atom is -0.493 e. The number of ether oxygens (including phenoxy) is 3. The highest BCUT2D eigenvalue weighted by molar-refractivity contribution is 5.81. The Labute approximate surface area is 149 Å². The molecule has 0 unspecified atom stereocenters. The molecule has 2 aromatic rings. The lowest BCUT2D eigenvalue weighted by Gasteiger charge is -2.23. The number of benzene rings is 2. The van der Waals surface area contributed by atoms with Gasteiger partial charge in [0.25, 0.3) is 0 Å². The lowest BCUT2D eigenvalue weighted by molar-refractivity contribution is 0.111. The quantitative estimate of drug-likeness (QED) is 0.546. The van der Waals surface area contributed by atoms with Crippen LogP contribution in [0.1, 0.15) is 42.3 Å². The fourth-order valence-electron chi connectivity index (χ4n) is 2.60. The van der Waals surface area contributed by atoms with Gasteiger partial charge >= 0.3 is 0 Å². The number of carbonyl (C=O) groups excluding carboxylic acids is 1. The highest BCUT2D eigenvalue weighted by atomic mass is 16.5. The smallest absolute Gasteiger partial charge is 0.171 e. The van der Waals surface area contributed by atoms with Gasteiger partial charge in [-0.25, -0.2) is 0 Å². The van der Waals surface area contributed by atoms with Gasteiger partial charge in [0.2, 0.25) is 0 Å². The lowest BCUT2D eigenvalue weighted by Crippen LogP contribution is -2.16. The molecule has 0 saturated carbocycles. The summed E-state index contributed by atoms with van der Waals surface area (Å²) in [6.45, 7) is 9.22. The van der Waals surface area contributed by atoms with Crippen LogP contribution in [0, 0.1) is 6.92 Å². The van der Waals surface area contributed by atoms with E-state index < -0.39 is 0 Å². The van der Waals surface area contributed by atoms with Gasteiger partial charge in [0.15, 0.2) is 17.8 Å². The van der Waals surface area contributed by atoms with Gasteiger partial charge in [-0.15, -0.1) is 0 Å². The van der Waals surface area contributed by atoms with Gasteiger partial charge < -0.3 is 14.2 Å². The Kier molecular flexibility index (Phi) is 6.07. The summed E-state index contributed by atoms with van der Waals surface area (Å²) in [6.07, 6.45) is 0.761. The minimum atomic E-state index is -0.00275. The van der Waals surface area contributed by atoms with Crippen molar-refractivity contribution in [2.75, 3.05) is 20.3 Å². The standard InChI is InChI=1S/C21H26O4/c1-15-9-10-17(21(2,3)4)19(13-15)24-11-12-25-20-16(14-22)7-6-8-18(20)23-5/h6-10,13-14H,11-12H2,1-5H3. The summed E-state index contributed by atoms with van der Waals surface area (Å²) in [4.78, 5) is 11.2. The normalized spacial score (nSPS) is 11.1. The van der Waals surface area contributed by atoms with E-state index in [-0.39, 0.29) is 5.41 Å². The van der Waals surface area contributed by atoms with Gasteiger partial charge in [-0.3, -0.25) is 4.79 Å². The van der Waals surface area contributed by atoms with Crippen LogP contribution in [-0.2, 0) is 5.41 Å². The number of aryl methyl sites for hydroxylation is 1. The Balaban J connectivity index is 2.06. The Morgan fingerprint density at radius 3 is 2.36 bits per heavy atom. The van der Waals surface area contributed by atoms with E-state index >= 15 is 0 Å². The molecule has 2 aromatic carbocycles. The zero-order valence-corrected chi connectivity index (χ0v) is 15.6. The molecule has 0 aliphatic rings. The Bertz CT molecular complexity index is 729. The van der Waals surface area contributed by atoms with E-state index in [1.165, 1.54) is 0 Å². The second-order valence-corrected chi connectivity index (χ2v) is 6.94. The van der Waals surface area contributed by atoms with Crippen LogP contribution in [0.4, 0.5) is 0 Å². The first-order chi connectivity index (χ1) is 11.9. The number of methoxy groups -OCH3 is 1. The maximum atomic E-state index is 11.2. The third-order valence-electron chi connectivity index (χ3n) is 3.89. The van der Waals surface area contributed by atoms with Crippen molar-refractivity contribution in [3.63, 3.8) is 0 Å². The van der Waals surface area contributed by atoms with Crippen molar-refractivity contribution < 1.29 is 19.0 Å². The molecule has 25 heavy (non-hydrogen) atoms. The second kappa shape index (κ2) is 8.06. The van der Waals surface area contributed by atoms with Crippen molar-refractivity contribution in [2.45, 2.75) is 33.1 Å². The highest BCUT2D eigenvalue weighted by Gasteiger charge is 2.19. The summed E-state index contributed by atoms with van der Waals surface area (Å²) in [6, 6.07) is 11.5. The Morgan fingerprint density at radius 1 is 1.00 bits per heavy atom. The van der Waals surface area contributed by atoms with Crippen molar-refractivity contribution in [3.05, 3.63) is 53.1 Å². The molecule has 2 rings (SSSR count). The van der Waals surface area contributed by atoms with E-state index in [2.05, 4.69) is 32.9 Å². The minimum absolute atomic E-state index is 0.00275. The summed E-state index contributed by atoms with van der Waals surface area (Å²) in [7, 11) is 1.55. The van der Waals surface area contributed by atoms with Gasteiger partial charge in [-0.2, -0.15) is 0 Å².